The van der Waals surface area contributed by atoms with Crippen LogP contribution >= 0.6 is 9.24 Å². The van der Waals surface area contributed by atoms with E-state index in [-0.39, 0.29) is 0 Å². The molecule has 0 aromatic rings. The van der Waals surface area contributed by atoms with Gasteiger partial charge in [-0.2, -0.15) is 0 Å². The van der Waals surface area contributed by atoms with Gasteiger partial charge >= 0.3 is 0 Å². The summed E-state index contributed by atoms with van der Waals surface area (Å²) < 4.78 is 0. The number of unbranched alkanes of at least 4 members (excludes halogenated alkanes) is 18. The zero-order chi connectivity index (χ0) is 24.5. The molecule has 0 aliphatic heterocycles. The molecule has 33 heavy (non-hydrogen) atoms. The maximum absolute atomic E-state index is 3.45. The van der Waals surface area contributed by atoms with E-state index < -0.39 is 0 Å². The minimum Gasteiger partial charge on any atom is -0.131 e. The van der Waals surface area contributed by atoms with Crippen molar-refractivity contribution < 1.29 is 0 Å². The van der Waals surface area contributed by atoms with E-state index in [0.29, 0.717) is 5.16 Å². The maximum Gasteiger partial charge on any atom is -0.0122 e. The van der Waals surface area contributed by atoms with E-state index in [2.05, 4.69) is 36.9 Å². The smallest absolute Gasteiger partial charge is 0.0122 e. The molecular formula is C32H67P. The Labute approximate surface area is 214 Å². The number of hydrogen-bond donors (Lipinski definition) is 0. The van der Waals surface area contributed by atoms with Gasteiger partial charge in [0.1, 0.15) is 0 Å². The highest BCUT2D eigenvalue weighted by Gasteiger charge is 2.32. The number of hydrogen-bond acceptors (Lipinski definition) is 0. The minimum absolute atomic E-state index is 0.523. The lowest BCUT2D eigenvalue weighted by Gasteiger charge is -2.39. The van der Waals surface area contributed by atoms with Crippen LogP contribution in [0.5, 0.6) is 0 Å². The molecule has 1 heteroatoms. The Hall–Kier alpha value is 0.430. The van der Waals surface area contributed by atoms with Gasteiger partial charge in [0, 0.05) is 0 Å². The average Bonchev–Trinajstić information content (AvgIpc) is 2.81. The van der Waals surface area contributed by atoms with Crippen LogP contribution in [0.3, 0.4) is 0 Å². The predicted molar refractivity (Wildman–Crippen MR) is 159 cm³/mol. The lowest BCUT2D eigenvalue weighted by Crippen LogP contribution is -2.32. The van der Waals surface area contributed by atoms with Gasteiger partial charge in [-0.15, -0.1) is 9.24 Å². The molecule has 0 saturated carbocycles. The van der Waals surface area contributed by atoms with Crippen molar-refractivity contribution >= 4 is 9.24 Å². The van der Waals surface area contributed by atoms with Crippen molar-refractivity contribution in [1.82, 2.24) is 0 Å². The van der Waals surface area contributed by atoms with Crippen LogP contribution in [-0.2, 0) is 0 Å². The molecule has 0 radical (unpaired) electrons. The van der Waals surface area contributed by atoms with Crippen LogP contribution in [0.1, 0.15) is 195 Å². The van der Waals surface area contributed by atoms with Crippen LogP contribution < -0.4 is 0 Å². The van der Waals surface area contributed by atoms with Crippen LogP contribution in [0.4, 0.5) is 0 Å². The Bertz CT molecular complexity index is 354. The highest BCUT2D eigenvalue weighted by atomic mass is 31.0. The molecule has 0 aromatic carbocycles. The summed E-state index contributed by atoms with van der Waals surface area (Å²) >= 11 is 0. The molecule has 0 saturated heterocycles. The van der Waals surface area contributed by atoms with Gasteiger partial charge in [-0.3, -0.25) is 0 Å². The highest BCUT2D eigenvalue weighted by Crippen LogP contribution is 2.43. The molecule has 200 valence electrons. The second-order valence-electron chi connectivity index (χ2n) is 11.4. The topological polar surface area (TPSA) is 0 Å². The van der Waals surface area contributed by atoms with Crippen LogP contribution in [0.2, 0.25) is 0 Å². The molecule has 0 aliphatic rings. The molecule has 2 unspecified atom stereocenters. The van der Waals surface area contributed by atoms with Gasteiger partial charge in [0.25, 0.3) is 0 Å². The Balaban J connectivity index is 4.25. The van der Waals surface area contributed by atoms with E-state index >= 15 is 0 Å². The van der Waals surface area contributed by atoms with Crippen LogP contribution in [0.25, 0.3) is 0 Å². The quantitative estimate of drug-likeness (QED) is 0.0806. The molecule has 0 heterocycles. The minimum atomic E-state index is 0.523. The van der Waals surface area contributed by atoms with Crippen molar-refractivity contribution in [1.29, 1.82) is 0 Å². The zero-order valence-electron chi connectivity index (χ0n) is 24.0. The van der Waals surface area contributed by atoms with Gasteiger partial charge in [0.15, 0.2) is 0 Å². The summed E-state index contributed by atoms with van der Waals surface area (Å²) in [5.74, 6) is 0.940. The summed E-state index contributed by atoms with van der Waals surface area (Å²) in [4.78, 5) is 0. The largest absolute Gasteiger partial charge is 0.131 e. The molecule has 0 N–H and O–H groups in total. The lowest BCUT2D eigenvalue weighted by molar-refractivity contribution is 0.271. The summed E-state index contributed by atoms with van der Waals surface area (Å²) in [6.07, 6.45) is 37.6. The molecular weight excluding hydrogens is 415 g/mol. The molecule has 0 aliphatic carbocycles. The van der Waals surface area contributed by atoms with Gasteiger partial charge < -0.3 is 0 Å². The first-order chi connectivity index (χ1) is 16.1. The molecule has 0 amide bonds. The van der Waals surface area contributed by atoms with Crippen molar-refractivity contribution in [3.05, 3.63) is 0 Å². The van der Waals surface area contributed by atoms with Gasteiger partial charge in [0.05, 0.1) is 0 Å². The fourth-order valence-corrected chi connectivity index (χ4v) is 6.45. The molecule has 0 aromatic heterocycles. The SMILES string of the molecule is CCCCCCCCCCCCCCCC(CCCCC)C(P)(CCCCC)CCCCC. The normalized spacial score (nSPS) is 13.0. The molecule has 2 atom stereocenters. The fourth-order valence-electron chi connectivity index (χ4n) is 5.71. The van der Waals surface area contributed by atoms with Crippen LogP contribution in [0.15, 0.2) is 0 Å². The molecule has 0 bridgehead atoms. The van der Waals surface area contributed by atoms with E-state index in [9.17, 15) is 0 Å². The fraction of sp³-hybridized carbons (Fsp3) is 1.00. The van der Waals surface area contributed by atoms with Gasteiger partial charge in [-0.05, 0) is 36.8 Å². The standard InChI is InChI=1S/C32H67P/c1-5-9-13-14-15-16-17-18-19-20-21-22-24-28-31(27-23-10-6-2)32(33,29-25-11-7-3)30-26-12-8-4/h31H,5-30,33H2,1-4H3. The van der Waals surface area contributed by atoms with Gasteiger partial charge in [-0.1, -0.05) is 169 Å². The summed E-state index contributed by atoms with van der Waals surface area (Å²) in [6.45, 7) is 9.38. The first kappa shape index (κ1) is 33.4. The van der Waals surface area contributed by atoms with Crippen LogP contribution in [0, 0.1) is 5.92 Å². The Kier molecular flexibility index (Phi) is 25.9. The first-order valence-electron chi connectivity index (χ1n) is 15.9. The highest BCUT2D eigenvalue weighted by molar-refractivity contribution is 7.19. The summed E-state index contributed by atoms with van der Waals surface area (Å²) in [5.41, 5.74) is 0. The van der Waals surface area contributed by atoms with E-state index in [1.165, 1.54) is 167 Å². The average molecular weight is 483 g/mol. The predicted octanol–water partition coefficient (Wildman–Crippen LogP) is 12.4. The second-order valence-corrected chi connectivity index (χ2v) is 12.5. The molecule has 0 nitrogen and oxygen atoms in total. The second kappa shape index (κ2) is 25.5. The third-order valence-electron chi connectivity index (χ3n) is 8.12. The monoisotopic (exact) mass is 482 g/mol. The Morgan fingerprint density at radius 2 is 0.667 bits per heavy atom. The summed E-state index contributed by atoms with van der Waals surface area (Å²) in [6, 6.07) is 0. The number of rotatable bonds is 27. The van der Waals surface area contributed by atoms with Crippen molar-refractivity contribution in [3.8, 4) is 0 Å². The lowest BCUT2D eigenvalue weighted by atomic mass is 9.77. The van der Waals surface area contributed by atoms with Gasteiger partial charge in [0.2, 0.25) is 0 Å². The van der Waals surface area contributed by atoms with Crippen molar-refractivity contribution in [2.24, 2.45) is 5.92 Å². The van der Waals surface area contributed by atoms with E-state index in [1.807, 2.05) is 0 Å². The molecule has 0 spiro atoms. The molecule has 0 fully saturated rings. The Morgan fingerprint density at radius 3 is 1.06 bits per heavy atom. The Morgan fingerprint density at radius 1 is 0.394 bits per heavy atom. The van der Waals surface area contributed by atoms with Crippen molar-refractivity contribution in [2.75, 3.05) is 0 Å². The van der Waals surface area contributed by atoms with E-state index in [4.69, 9.17) is 0 Å². The summed E-state index contributed by atoms with van der Waals surface area (Å²) in [5, 5.41) is 0.523. The third-order valence-corrected chi connectivity index (χ3v) is 9.17. The first-order valence-corrected chi connectivity index (χ1v) is 16.5. The van der Waals surface area contributed by atoms with E-state index in [1.54, 1.807) is 0 Å². The zero-order valence-corrected chi connectivity index (χ0v) is 25.2. The maximum atomic E-state index is 3.45. The molecule has 0 rings (SSSR count). The van der Waals surface area contributed by atoms with Crippen LogP contribution in [-0.4, -0.2) is 5.16 Å². The third kappa shape index (κ3) is 20.3. The van der Waals surface area contributed by atoms with Crippen molar-refractivity contribution in [2.45, 2.75) is 200 Å². The van der Waals surface area contributed by atoms with E-state index in [0.717, 1.165) is 5.92 Å². The summed E-state index contributed by atoms with van der Waals surface area (Å²) in [7, 11) is 3.45. The van der Waals surface area contributed by atoms with Gasteiger partial charge in [-0.25, -0.2) is 0 Å². The van der Waals surface area contributed by atoms with Crippen molar-refractivity contribution in [3.63, 3.8) is 0 Å².